The summed E-state index contributed by atoms with van der Waals surface area (Å²) in [5, 5.41) is 2.96. The molecule has 0 radical (unpaired) electrons. The Morgan fingerprint density at radius 2 is 1.93 bits per heavy atom. The highest BCUT2D eigenvalue weighted by Crippen LogP contribution is 1.80. The van der Waals surface area contributed by atoms with E-state index in [1.165, 1.54) is 6.42 Å². The monoisotopic (exact) mass is 227 g/mol. The van der Waals surface area contributed by atoms with Gasteiger partial charge in [0.25, 0.3) is 0 Å². The topological polar surface area (TPSA) is 125 Å². The maximum atomic E-state index is 8.74. The van der Waals surface area contributed by atoms with Gasteiger partial charge in [0, 0.05) is 13.6 Å². The zero-order valence-electron chi connectivity index (χ0n) is 8.27. The van der Waals surface area contributed by atoms with Crippen molar-refractivity contribution < 1.29 is 17.5 Å². The van der Waals surface area contributed by atoms with E-state index in [9.17, 15) is 0 Å². The third-order valence-electron chi connectivity index (χ3n) is 1.08. The van der Waals surface area contributed by atoms with Crippen molar-refractivity contribution in [2.75, 3.05) is 13.6 Å². The smallest absolute Gasteiger partial charge is 0.370 e. The number of nitrogens with two attached hydrogens (primary N) is 1. The number of hydrogen-bond acceptors (Lipinski definition) is 3. The first-order valence-corrected chi connectivity index (χ1v) is 5.37. The van der Waals surface area contributed by atoms with Crippen LogP contribution < -0.4 is 11.1 Å². The highest BCUT2D eigenvalue weighted by molar-refractivity contribution is 7.79. The average Bonchev–Trinajstić information content (AvgIpc) is 2.01. The van der Waals surface area contributed by atoms with Crippen molar-refractivity contribution in [3.8, 4) is 0 Å². The fraction of sp³-hybridized carbons (Fsp3) is 0.833. The number of guanidine groups is 1. The van der Waals surface area contributed by atoms with Crippen LogP contribution in [-0.2, 0) is 10.4 Å². The second kappa shape index (κ2) is 8.73. The lowest BCUT2D eigenvalue weighted by atomic mass is 10.3. The van der Waals surface area contributed by atoms with Gasteiger partial charge < -0.3 is 11.1 Å². The van der Waals surface area contributed by atoms with Gasteiger partial charge in [-0.1, -0.05) is 13.3 Å². The highest BCUT2D eigenvalue weighted by Gasteiger charge is 1.85. The highest BCUT2D eigenvalue weighted by atomic mass is 32.3. The maximum absolute atomic E-state index is 8.74. The molecule has 0 saturated carbocycles. The van der Waals surface area contributed by atoms with Crippen LogP contribution in [0.5, 0.6) is 0 Å². The zero-order chi connectivity index (χ0) is 11.6. The molecule has 0 aromatic rings. The molecule has 5 N–H and O–H groups in total. The van der Waals surface area contributed by atoms with Gasteiger partial charge in [-0.3, -0.25) is 14.1 Å². The van der Waals surface area contributed by atoms with Crippen molar-refractivity contribution in [3.05, 3.63) is 0 Å². The predicted molar refractivity (Wildman–Crippen MR) is 54.6 cm³/mol. The van der Waals surface area contributed by atoms with E-state index in [1.807, 2.05) is 0 Å². The van der Waals surface area contributed by atoms with Gasteiger partial charge in [0.05, 0.1) is 0 Å². The summed E-state index contributed by atoms with van der Waals surface area (Å²) in [6, 6.07) is 0. The van der Waals surface area contributed by atoms with Crippen molar-refractivity contribution in [3.63, 3.8) is 0 Å². The van der Waals surface area contributed by atoms with Crippen molar-refractivity contribution in [2.45, 2.75) is 19.8 Å². The molecule has 0 spiro atoms. The Kier molecular flexibility index (Phi) is 9.73. The fourth-order valence-corrected chi connectivity index (χ4v) is 0.472. The first-order chi connectivity index (χ1) is 6.31. The summed E-state index contributed by atoms with van der Waals surface area (Å²) in [6.45, 7) is 3.07. The van der Waals surface area contributed by atoms with E-state index in [4.69, 9.17) is 23.3 Å². The van der Waals surface area contributed by atoms with Crippen LogP contribution in [0.2, 0.25) is 0 Å². The third kappa shape index (κ3) is 30.4. The van der Waals surface area contributed by atoms with E-state index in [0.717, 1.165) is 13.0 Å². The first-order valence-electron chi connectivity index (χ1n) is 3.97. The lowest BCUT2D eigenvalue weighted by Crippen LogP contribution is -2.31. The van der Waals surface area contributed by atoms with Crippen LogP contribution in [0, 0.1) is 0 Å². The van der Waals surface area contributed by atoms with Crippen LogP contribution in [-0.4, -0.2) is 37.1 Å². The van der Waals surface area contributed by atoms with Gasteiger partial charge >= 0.3 is 10.4 Å². The SMILES string of the molecule is CCCCNC(N)=NC.O=S(=O)(O)O. The molecule has 14 heavy (non-hydrogen) atoms. The molecule has 8 heteroatoms. The Bertz CT molecular complexity index is 242. The molecule has 0 aliphatic rings. The van der Waals surface area contributed by atoms with E-state index in [1.54, 1.807) is 7.05 Å². The molecule has 0 unspecified atom stereocenters. The minimum absolute atomic E-state index is 0.531. The van der Waals surface area contributed by atoms with E-state index >= 15 is 0 Å². The molecule has 0 heterocycles. The van der Waals surface area contributed by atoms with Crippen LogP contribution in [0.25, 0.3) is 0 Å². The second-order valence-electron chi connectivity index (χ2n) is 2.34. The van der Waals surface area contributed by atoms with Gasteiger partial charge in [0.15, 0.2) is 5.96 Å². The van der Waals surface area contributed by atoms with Crippen LogP contribution in [0.15, 0.2) is 4.99 Å². The summed E-state index contributed by atoms with van der Waals surface area (Å²) < 4.78 is 31.6. The Morgan fingerprint density at radius 3 is 2.21 bits per heavy atom. The largest absolute Gasteiger partial charge is 0.394 e. The fourth-order valence-electron chi connectivity index (χ4n) is 0.472. The van der Waals surface area contributed by atoms with Gasteiger partial charge in [0.1, 0.15) is 0 Å². The molecule has 0 aliphatic carbocycles. The van der Waals surface area contributed by atoms with E-state index in [2.05, 4.69) is 17.2 Å². The van der Waals surface area contributed by atoms with Crippen molar-refractivity contribution in [1.82, 2.24) is 5.32 Å². The zero-order valence-corrected chi connectivity index (χ0v) is 9.08. The van der Waals surface area contributed by atoms with Crippen LogP contribution in [0.3, 0.4) is 0 Å². The predicted octanol–water partition coefficient (Wildman–Crippen LogP) is -0.332. The Hall–Kier alpha value is -0.860. The number of nitrogens with zero attached hydrogens (tertiary/aromatic N) is 1. The summed E-state index contributed by atoms with van der Waals surface area (Å²) >= 11 is 0. The minimum atomic E-state index is -4.67. The molecular formula is C6H17N3O4S. The van der Waals surface area contributed by atoms with Crippen LogP contribution in [0.4, 0.5) is 0 Å². The maximum Gasteiger partial charge on any atom is 0.394 e. The molecule has 0 aliphatic heterocycles. The third-order valence-corrected chi connectivity index (χ3v) is 1.08. The summed E-state index contributed by atoms with van der Waals surface area (Å²) in [5.74, 6) is 0.531. The molecule has 0 saturated heterocycles. The molecule has 0 aromatic carbocycles. The quantitative estimate of drug-likeness (QED) is 0.226. The molecule has 86 valence electrons. The van der Waals surface area contributed by atoms with Gasteiger partial charge in [-0.15, -0.1) is 0 Å². The van der Waals surface area contributed by atoms with Gasteiger partial charge in [0.2, 0.25) is 0 Å². The number of unbranched alkanes of at least 4 members (excludes halogenated alkanes) is 1. The molecule has 0 fully saturated rings. The Morgan fingerprint density at radius 1 is 1.50 bits per heavy atom. The van der Waals surface area contributed by atoms with E-state index < -0.39 is 10.4 Å². The Labute approximate surface area is 84.0 Å². The molecular weight excluding hydrogens is 210 g/mol. The molecule has 0 bridgehead atoms. The number of hydrogen-bond donors (Lipinski definition) is 4. The summed E-state index contributed by atoms with van der Waals surface area (Å²) in [7, 11) is -2.99. The Balaban J connectivity index is 0. The molecule has 0 atom stereocenters. The lowest BCUT2D eigenvalue weighted by Gasteiger charge is -2.01. The number of aliphatic imine (C=N–C) groups is 1. The normalized spacial score (nSPS) is 11.6. The second-order valence-corrected chi connectivity index (χ2v) is 3.23. The number of rotatable bonds is 3. The molecule has 7 nitrogen and oxygen atoms in total. The number of nitrogens with one attached hydrogen (secondary N) is 1. The standard InChI is InChI=1S/C6H15N3.H2O4S/c1-3-4-5-9-6(7)8-2;1-5(2,3)4/h3-5H2,1-2H3,(H3,7,8,9);(H2,1,2,3,4). The molecule has 0 aromatic heterocycles. The average molecular weight is 227 g/mol. The van der Waals surface area contributed by atoms with E-state index in [0.29, 0.717) is 5.96 Å². The first kappa shape index (κ1) is 15.6. The van der Waals surface area contributed by atoms with E-state index in [-0.39, 0.29) is 0 Å². The summed E-state index contributed by atoms with van der Waals surface area (Å²) in [4.78, 5) is 3.74. The van der Waals surface area contributed by atoms with Crippen molar-refractivity contribution >= 4 is 16.4 Å². The molecule has 0 rings (SSSR count). The van der Waals surface area contributed by atoms with Crippen LogP contribution in [0.1, 0.15) is 19.8 Å². The molecule has 0 amide bonds. The van der Waals surface area contributed by atoms with Gasteiger partial charge in [-0.25, -0.2) is 0 Å². The van der Waals surface area contributed by atoms with Crippen molar-refractivity contribution in [2.24, 2.45) is 10.7 Å². The summed E-state index contributed by atoms with van der Waals surface area (Å²) in [6.07, 6.45) is 2.33. The summed E-state index contributed by atoms with van der Waals surface area (Å²) in [5.41, 5.74) is 5.35. The van der Waals surface area contributed by atoms with Gasteiger partial charge in [-0.05, 0) is 6.42 Å². The van der Waals surface area contributed by atoms with Crippen LogP contribution >= 0.6 is 0 Å². The minimum Gasteiger partial charge on any atom is -0.370 e. The van der Waals surface area contributed by atoms with Crippen molar-refractivity contribution in [1.29, 1.82) is 0 Å². The van der Waals surface area contributed by atoms with Gasteiger partial charge in [-0.2, -0.15) is 8.42 Å². The lowest BCUT2D eigenvalue weighted by molar-refractivity contribution is 0.381.